The molecule has 0 amide bonds. The Morgan fingerprint density at radius 1 is 1.58 bits per heavy atom. The van der Waals surface area contributed by atoms with E-state index < -0.39 is 8.25 Å². The molecule has 0 aromatic rings. The van der Waals surface area contributed by atoms with Crippen molar-refractivity contribution in [2.45, 2.75) is 0 Å². The topological polar surface area (TPSA) is 81.0 Å². The zero-order valence-electron chi connectivity index (χ0n) is 7.10. The fourth-order valence-electron chi connectivity index (χ4n) is 0.482. The van der Waals surface area contributed by atoms with Crippen LogP contribution in [0.2, 0.25) is 0 Å². The van der Waals surface area contributed by atoms with Crippen LogP contribution in [0.3, 0.4) is 0 Å². The van der Waals surface area contributed by atoms with E-state index in [0.717, 1.165) is 13.1 Å². The van der Waals surface area contributed by atoms with Crippen molar-refractivity contribution in [1.82, 2.24) is 4.90 Å². The maximum atomic E-state index is 8.74. The van der Waals surface area contributed by atoms with Crippen LogP contribution < -0.4 is 0 Å². The van der Waals surface area contributed by atoms with Crippen LogP contribution in [0.15, 0.2) is 12.7 Å². The third kappa shape index (κ3) is 22.6. The molecule has 0 saturated heterocycles. The van der Waals surface area contributed by atoms with E-state index in [1.165, 1.54) is 0 Å². The van der Waals surface area contributed by atoms with Crippen molar-refractivity contribution in [1.29, 1.82) is 0 Å². The number of hydrogen-bond acceptors (Lipinski definition) is 3. The Labute approximate surface area is 72.9 Å². The fraction of sp³-hybridized carbons (Fsp3) is 0.667. The Kier molecular flexibility index (Phi) is 12.9. The molecule has 12 heavy (non-hydrogen) atoms. The predicted octanol–water partition coefficient (Wildman–Crippen LogP) is -0.543. The quantitative estimate of drug-likeness (QED) is 0.416. The lowest BCUT2D eigenvalue weighted by atomic mass is 10.5. The SMILES string of the molecule is C=CCN(C)CCO.O=[PH](O)O. The van der Waals surface area contributed by atoms with Gasteiger partial charge in [0.15, 0.2) is 0 Å². The van der Waals surface area contributed by atoms with E-state index >= 15 is 0 Å². The first-order valence-corrected chi connectivity index (χ1v) is 4.67. The van der Waals surface area contributed by atoms with E-state index in [1.807, 2.05) is 18.0 Å². The average Bonchev–Trinajstić information content (AvgIpc) is 1.87. The summed E-state index contributed by atoms with van der Waals surface area (Å²) in [6.45, 7) is 5.36. The Bertz CT molecular complexity index is 127. The van der Waals surface area contributed by atoms with Gasteiger partial charge in [-0.1, -0.05) is 6.08 Å². The first kappa shape index (κ1) is 14.3. The lowest BCUT2D eigenvalue weighted by Crippen LogP contribution is -2.21. The molecule has 6 heteroatoms. The van der Waals surface area contributed by atoms with Gasteiger partial charge in [-0.25, -0.2) is 0 Å². The summed E-state index contributed by atoms with van der Waals surface area (Å²) < 4.78 is 8.74. The average molecular weight is 197 g/mol. The van der Waals surface area contributed by atoms with Crippen molar-refractivity contribution in [3.63, 3.8) is 0 Å². The number of rotatable bonds is 4. The van der Waals surface area contributed by atoms with Crippen molar-refractivity contribution in [3.8, 4) is 0 Å². The van der Waals surface area contributed by atoms with E-state index in [2.05, 4.69) is 6.58 Å². The van der Waals surface area contributed by atoms with Gasteiger partial charge in [0, 0.05) is 13.1 Å². The molecular weight excluding hydrogens is 181 g/mol. The maximum absolute atomic E-state index is 8.74. The lowest BCUT2D eigenvalue weighted by Gasteiger charge is -2.10. The summed E-state index contributed by atoms with van der Waals surface area (Å²) in [5, 5.41) is 8.39. The second-order valence-electron chi connectivity index (χ2n) is 2.06. The highest BCUT2D eigenvalue weighted by Crippen LogP contribution is 1.98. The van der Waals surface area contributed by atoms with Gasteiger partial charge in [0.2, 0.25) is 0 Å². The molecule has 0 aromatic heterocycles. The third-order valence-corrected chi connectivity index (χ3v) is 0.922. The molecule has 0 aliphatic rings. The molecule has 3 N–H and O–H groups in total. The molecule has 0 aliphatic carbocycles. The molecule has 0 aliphatic heterocycles. The molecule has 0 aromatic carbocycles. The highest BCUT2D eigenvalue weighted by atomic mass is 31.1. The Hall–Kier alpha value is -0.190. The zero-order chi connectivity index (χ0) is 9.98. The molecule has 0 unspecified atom stereocenters. The highest BCUT2D eigenvalue weighted by Gasteiger charge is 1.89. The van der Waals surface area contributed by atoms with Crippen LogP contribution in [0.5, 0.6) is 0 Å². The third-order valence-electron chi connectivity index (χ3n) is 0.922. The maximum Gasteiger partial charge on any atom is 0.314 e. The first-order chi connectivity index (χ1) is 5.54. The minimum absolute atomic E-state index is 0.227. The van der Waals surface area contributed by atoms with Gasteiger partial charge in [-0.3, -0.25) is 4.57 Å². The van der Waals surface area contributed by atoms with Crippen LogP contribution in [-0.4, -0.2) is 46.5 Å². The van der Waals surface area contributed by atoms with Crippen molar-refractivity contribution in [3.05, 3.63) is 12.7 Å². The van der Waals surface area contributed by atoms with Gasteiger partial charge in [0.1, 0.15) is 0 Å². The second-order valence-corrected chi connectivity index (χ2v) is 2.62. The summed E-state index contributed by atoms with van der Waals surface area (Å²) in [6, 6.07) is 0. The smallest absolute Gasteiger partial charge is 0.314 e. The van der Waals surface area contributed by atoms with Crippen molar-refractivity contribution in [2.24, 2.45) is 0 Å². The van der Waals surface area contributed by atoms with E-state index in [1.54, 1.807) is 0 Å². The van der Waals surface area contributed by atoms with Gasteiger partial charge in [0.05, 0.1) is 6.61 Å². The van der Waals surface area contributed by atoms with Crippen LogP contribution in [-0.2, 0) is 4.57 Å². The molecule has 0 rings (SSSR count). The van der Waals surface area contributed by atoms with Crippen LogP contribution in [0, 0.1) is 0 Å². The molecule has 74 valence electrons. The minimum Gasteiger partial charge on any atom is -0.395 e. The molecule has 0 saturated carbocycles. The number of aliphatic hydroxyl groups is 1. The second kappa shape index (κ2) is 10.8. The van der Waals surface area contributed by atoms with Gasteiger partial charge in [0.25, 0.3) is 0 Å². The van der Waals surface area contributed by atoms with Crippen molar-refractivity contribution < 1.29 is 19.5 Å². The fourth-order valence-corrected chi connectivity index (χ4v) is 0.482. The highest BCUT2D eigenvalue weighted by molar-refractivity contribution is 7.30. The molecule has 0 fully saturated rings. The number of aliphatic hydroxyl groups excluding tert-OH is 1. The van der Waals surface area contributed by atoms with Crippen LogP contribution in [0.1, 0.15) is 0 Å². The molecule has 0 spiro atoms. The predicted molar refractivity (Wildman–Crippen MR) is 48.2 cm³/mol. The van der Waals surface area contributed by atoms with Crippen LogP contribution in [0.4, 0.5) is 0 Å². The molecule has 0 radical (unpaired) electrons. The standard InChI is InChI=1S/C6H13NO.H3O3P/c1-3-4-7(2)5-6-8;1-4(2)3/h3,8H,1,4-6H2,2H3;4H,(H2,1,2,3). The van der Waals surface area contributed by atoms with Crippen LogP contribution >= 0.6 is 8.25 Å². The van der Waals surface area contributed by atoms with Gasteiger partial charge in [-0.2, -0.15) is 0 Å². The first-order valence-electron chi connectivity index (χ1n) is 3.36. The summed E-state index contributed by atoms with van der Waals surface area (Å²) in [7, 11) is -1.19. The largest absolute Gasteiger partial charge is 0.395 e. The molecular formula is C6H16NO4P. The molecule has 0 bridgehead atoms. The summed E-state index contributed by atoms with van der Waals surface area (Å²) in [4.78, 5) is 16.3. The summed E-state index contributed by atoms with van der Waals surface area (Å²) in [6.07, 6.45) is 1.82. The van der Waals surface area contributed by atoms with E-state index in [0.29, 0.717) is 0 Å². The molecule has 0 atom stereocenters. The van der Waals surface area contributed by atoms with E-state index in [9.17, 15) is 0 Å². The Balaban J connectivity index is 0. The summed E-state index contributed by atoms with van der Waals surface area (Å²) in [5.41, 5.74) is 0. The Morgan fingerprint density at radius 3 is 2.25 bits per heavy atom. The molecule has 5 nitrogen and oxygen atoms in total. The van der Waals surface area contributed by atoms with E-state index in [-0.39, 0.29) is 6.61 Å². The molecule has 0 heterocycles. The minimum atomic E-state index is -3.13. The van der Waals surface area contributed by atoms with Gasteiger partial charge in [-0.05, 0) is 7.05 Å². The van der Waals surface area contributed by atoms with Crippen LogP contribution in [0.25, 0.3) is 0 Å². The van der Waals surface area contributed by atoms with E-state index in [4.69, 9.17) is 19.5 Å². The zero-order valence-corrected chi connectivity index (χ0v) is 8.10. The van der Waals surface area contributed by atoms with Crippen molar-refractivity contribution >= 4 is 8.25 Å². The van der Waals surface area contributed by atoms with Gasteiger partial charge >= 0.3 is 8.25 Å². The Morgan fingerprint density at radius 2 is 2.00 bits per heavy atom. The number of likely N-dealkylation sites (N-methyl/N-ethyl adjacent to an activating group) is 1. The van der Waals surface area contributed by atoms with Crippen molar-refractivity contribution in [2.75, 3.05) is 26.7 Å². The normalized spacial score (nSPS) is 9.50. The number of nitrogens with zero attached hydrogens (tertiary/aromatic N) is 1. The summed E-state index contributed by atoms with van der Waals surface area (Å²) in [5.74, 6) is 0. The monoisotopic (exact) mass is 197 g/mol. The lowest BCUT2D eigenvalue weighted by molar-refractivity contribution is 0.232. The summed E-state index contributed by atoms with van der Waals surface area (Å²) >= 11 is 0. The number of hydrogen-bond donors (Lipinski definition) is 3. The van der Waals surface area contributed by atoms with Gasteiger partial charge < -0.3 is 19.8 Å². The van der Waals surface area contributed by atoms with Gasteiger partial charge in [-0.15, -0.1) is 6.58 Å².